The standard InChI is InChI=1S/C18H25NO4/c1-14-10-15(2)12-19(11-14)17(20)13-23-18(21)8-9-22-16-6-4-3-5-7-16/h3-7,14-15H,8-13H2,1-2H3/t14-,15+. The van der Waals surface area contributed by atoms with Gasteiger partial charge in [-0.25, -0.2) is 0 Å². The zero-order valence-electron chi connectivity index (χ0n) is 13.9. The highest BCUT2D eigenvalue weighted by molar-refractivity contribution is 5.80. The van der Waals surface area contributed by atoms with E-state index in [-0.39, 0.29) is 25.5 Å². The summed E-state index contributed by atoms with van der Waals surface area (Å²) in [6.07, 6.45) is 1.27. The smallest absolute Gasteiger partial charge is 0.309 e. The van der Waals surface area contributed by atoms with Gasteiger partial charge in [-0.05, 0) is 30.4 Å². The highest BCUT2D eigenvalue weighted by Gasteiger charge is 2.25. The second kappa shape index (κ2) is 8.56. The fourth-order valence-corrected chi connectivity index (χ4v) is 2.94. The number of hydrogen-bond donors (Lipinski definition) is 0. The van der Waals surface area contributed by atoms with Crippen molar-refractivity contribution >= 4 is 11.9 Å². The number of benzene rings is 1. The maximum atomic E-state index is 12.1. The Balaban J connectivity index is 1.64. The van der Waals surface area contributed by atoms with Crippen molar-refractivity contribution in [1.29, 1.82) is 0 Å². The molecule has 1 aliphatic heterocycles. The molecule has 5 heteroatoms. The van der Waals surface area contributed by atoms with E-state index < -0.39 is 5.97 Å². The molecule has 126 valence electrons. The van der Waals surface area contributed by atoms with Crippen LogP contribution in [0, 0.1) is 11.8 Å². The van der Waals surface area contributed by atoms with Crippen LogP contribution in [-0.4, -0.2) is 43.1 Å². The molecule has 0 radical (unpaired) electrons. The van der Waals surface area contributed by atoms with Crippen LogP contribution >= 0.6 is 0 Å². The van der Waals surface area contributed by atoms with E-state index in [1.165, 1.54) is 0 Å². The summed E-state index contributed by atoms with van der Waals surface area (Å²) in [4.78, 5) is 25.6. The van der Waals surface area contributed by atoms with Crippen LogP contribution in [0.15, 0.2) is 30.3 Å². The molecule has 2 rings (SSSR count). The monoisotopic (exact) mass is 319 g/mol. The number of nitrogens with zero attached hydrogens (tertiary/aromatic N) is 1. The van der Waals surface area contributed by atoms with Gasteiger partial charge in [0.1, 0.15) is 5.75 Å². The van der Waals surface area contributed by atoms with Crippen molar-refractivity contribution in [3.05, 3.63) is 30.3 Å². The number of carbonyl (C=O) groups is 2. The molecule has 1 saturated heterocycles. The van der Waals surface area contributed by atoms with Crippen LogP contribution in [0.5, 0.6) is 5.75 Å². The van der Waals surface area contributed by atoms with Crippen LogP contribution < -0.4 is 4.74 Å². The van der Waals surface area contributed by atoms with Gasteiger partial charge < -0.3 is 14.4 Å². The molecule has 0 aliphatic carbocycles. The van der Waals surface area contributed by atoms with E-state index >= 15 is 0 Å². The molecule has 0 aromatic heterocycles. The highest BCUT2D eigenvalue weighted by atomic mass is 16.5. The summed E-state index contributed by atoms with van der Waals surface area (Å²) in [5, 5.41) is 0. The van der Waals surface area contributed by atoms with E-state index in [0.29, 0.717) is 17.6 Å². The van der Waals surface area contributed by atoms with Gasteiger partial charge in [-0.3, -0.25) is 9.59 Å². The summed E-state index contributed by atoms with van der Waals surface area (Å²) in [5.74, 6) is 1.19. The summed E-state index contributed by atoms with van der Waals surface area (Å²) < 4.78 is 10.5. The Morgan fingerprint density at radius 3 is 2.43 bits per heavy atom. The number of esters is 1. The Morgan fingerprint density at radius 2 is 1.78 bits per heavy atom. The minimum absolute atomic E-state index is 0.110. The summed E-state index contributed by atoms with van der Waals surface area (Å²) in [6.45, 7) is 5.85. The summed E-state index contributed by atoms with van der Waals surface area (Å²) in [6, 6.07) is 9.29. The molecular weight excluding hydrogens is 294 g/mol. The van der Waals surface area contributed by atoms with Crippen molar-refractivity contribution in [2.45, 2.75) is 26.7 Å². The third-order valence-electron chi connectivity index (χ3n) is 3.90. The SMILES string of the molecule is C[C@@H]1C[C@H](C)CN(C(=O)COC(=O)CCOc2ccccc2)C1. The van der Waals surface area contributed by atoms with Gasteiger partial charge in [-0.2, -0.15) is 0 Å². The maximum Gasteiger partial charge on any atom is 0.309 e. The lowest BCUT2D eigenvalue weighted by molar-refractivity contribution is -0.153. The van der Waals surface area contributed by atoms with Gasteiger partial charge in [0, 0.05) is 13.1 Å². The van der Waals surface area contributed by atoms with E-state index in [0.717, 1.165) is 19.5 Å². The molecule has 0 bridgehead atoms. The molecule has 1 aliphatic rings. The number of hydrogen-bond acceptors (Lipinski definition) is 4. The van der Waals surface area contributed by atoms with E-state index in [4.69, 9.17) is 9.47 Å². The second-order valence-corrected chi connectivity index (χ2v) is 6.32. The third-order valence-corrected chi connectivity index (χ3v) is 3.90. The molecule has 1 fully saturated rings. The number of para-hydroxylation sites is 1. The molecule has 0 spiro atoms. The lowest BCUT2D eigenvalue weighted by atomic mass is 9.92. The van der Waals surface area contributed by atoms with Gasteiger partial charge >= 0.3 is 5.97 Å². The van der Waals surface area contributed by atoms with Gasteiger partial charge in [-0.1, -0.05) is 32.0 Å². The Bertz CT molecular complexity index is 507. The Kier molecular flexibility index (Phi) is 6.44. The first-order valence-corrected chi connectivity index (χ1v) is 8.16. The number of carbonyl (C=O) groups excluding carboxylic acids is 2. The minimum Gasteiger partial charge on any atom is -0.493 e. The number of rotatable bonds is 6. The van der Waals surface area contributed by atoms with Gasteiger partial charge in [0.25, 0.3) is 5.91 Å². The molecule has 0 unspecified atom stereocenters. The van der Waals surface area contributed by atoms with Gasteiger partial charge in [-0.15, -0.1) is 0 Å². The van der Waals surface area contributed by atoms with Crippen molar-refractivity contribution in [3.63, 3.8) is 0 Å². The van der Waals surface area contributed by atoms with Crippen molar-refractivity contribution in [2.75, 3.05) is 26.3 Å². The third kappa shape index (κ3) is 5.93. The quantitative estimate of drug-likeness (QED) is 0.756. The number of amides is 1. The van der Waals surface area contributed by atoms with Crippen LogP contribution in [0.1, 0.15) is 26.7 Å². The van der Waals surface area contributed by atoms with E-state index in [1.54, 1.807) is 4.90 Å². The molecular formula is C18H25NO4. The van der Waals surface area contributed by atoms with Gasteiger partial charge in [0.2, 0.25) is 0 Å². The molecule has 0 saturated carbocycles. The molecule has 5 nitrogen and oxygen atoms in total. The van der Waals surface area contributed by atoms with Crippen LogP contribution in [0.3, 0.4) is 0 Å². The fourth-order valence-electron chi connectivity index (χ4n) is 2.94. The van der Waals surface area contributed by atoms with E-state index in [2.05, 4.69) is 13.8 Å². The summed E-state index contributed by atoms with van der Waals surface area (Å²) >= 11 is 0. The molecule has 1 heterocycles. The van der Waals surface area contributed by atoms with E-state index in [9.17, 15) is 9.59 Å². The summed E-state index contributed by atoms with van der Waals surface area (Å²) in [5.41, 5.74) is 0. The number of likely N-dealkylation sites (tertiary alicyclic amines) is 1. The van der Waals surface area contributed by atoms with Crippen molar-refractivity contribution in [1.82, 2.24) is 4.90 Å². The topological polar surface area (TPSA) is 55.8 Å². The van der Waals surface area contributed by atoms with Crippen LogP contribution in [0.2, 0.25) is 0 Å². The zero-order valence-corrected chi connectivity index (χ0v) is 13.9. The van der Waals surface area contributed by atoms with Crippen molar-refractivity contribution in [3.8, 4) is 5.75 Å². The Morgan fingerprint density at radius 1 is 1.13 bits per heavy atom. The second-order valence-electron chi connectivity index (χ2n) is 6.32. The lowest BCUT2D eigenvalue weighted by Gasteiger charge is -2.34. The number of piperidine rings is 1. The first kappa shape index (κ1) is 17.3. The fraction of sp³-hybridized carbons (Fsp3) is 0.556. The average Bonchev–Trinajstić information content (AvgIpc) is 2.52. The molecule has 2 atom stereocenters. The Hall–Kier alpha value is -2.04. The largest absolute Gasteiger partial charge is 0.493 e. The first-order valence-electron chi connectivity index (χ1n) is 8.16. The van der Waals surface area contributed by atoms with Crippen LogP contribution in [-0.2, 0) is 14.3 Å². The van der Waals surface area contributed by atoms with Gasteiger partial charge in [0.05, 0.1) is 13.0 Å². The van der Waals surface area contributed by atoms with E-state index in [1.807, 2.05) is 30.3 Å². The molecule has 23 heavy (non-hydrogen) atoms. The molecule has 1 amide bonds. The number of ether oxygens (including phenoxy) is 2. The molecule has 1 aromatic rings. The Labute approximate surface area is 137 Å². The minimum atomic E-state index is -0.410. The van der Waals surface area contributed by atoms with Crippen LogP contribution in [0.25, 0.3) is 0 Å². The van der Waals surface area contributed by atoms with Gasteiger partial charge in [0.15, 0.2) is 6.61 Å². The summed E-state index contributed by atoms with van der Waals surface area (Å²) in [7, 11) is 0. The average molecular weight is 319 g/mol. The molecule has 1 aromatic carbocycles. The maximum absolute atomic E-state index is 12.1. The first-order chi connectivity index (χ1) is 11.0. The highest BCUT2D eigenvalue weighted by Crippen LogP contribution is 2.20. The van der Waals surface area contributed by atoms with Crippen LogP contribution in [0.4, 0.5) is 0 Å². The normalized spacial score (nSPS) is 20.9. The van der Waals surface area contributed by atoms with Crippen molar-refractivity contribution in [2.24, 2.45) is 11.8 Å². The zero-order chi connectivity index (χ0) is 16.7. The lowest BCUT2D eigenvalue weighted by Crippen LogP contribution is -2.44. The molecule has 0 N–H and O–H groups in total. The van der Waals surface area contributed by atoms with Crippen molar-refractivity contribution < 1.29 is 19.1 Å². The predicted molar refractivity (Wildman–Crippen MR) is 87.0 cm³/mol. The predicted octanol–water partition coefficient (Wildman–Crippen LogP) is 2.50.